The molecular formula is C26H32N4O4. The number of ether oxygens (including phenoxy) is 1. The van der Waals surface area contributed by atoms with Crippen LogP contribution in [0.25, 0.3) is 0 Å². The molecule has 0 spiro atoms. The van der Waals surface area contributed by atoms with Crippen LogP contribution in [-0.4, -0.2) is 36.0 Å². The molecule has 0 bridgehead atoms. The largest absolute Gasteiger partial charge is 0.420 e. The van der Waals surface area contributed by atoms with Crippen LogP contribution in [-0.2, 0) is 4.79 Å². The average molecular weight is 465 g/mol. The third-order valence-corrected chi connectivity index (χ3v) is 6.37. The Morgan fingerprint density at radius 3 is 2.59 bits per heavy atom. The minimum absolute atomic E-state index is 0.0601. The predicted octanol–water partition coefficient (Wildman–Crippen LogP) is 4.06. The van der Waals surface area contributed by atoms with Crippen LogP contribution < -0.4 is 26.0 Å². The number of carbonyl (C=O) groups excluding carboxylic acids is 3. The number of nitrogens with one attached hydrogen (secondary N) is 2. The minimum atomic E-state index is -0.719. The third kappa shape index (κ3) is 5.22. The molecule has 0 aromatic heterocycles. The number of carbonyl (C=O) groups is 3. The Kier molecular flexibility index (Phi) is 7.17. The van der Waals surface area contributed by atoms with Crippen LogP contribution in [0.5, 0.6) is 5.75 Å². The number of para-hydroxylation sites is 1. The van der Waals surface area contributed by atoms with E-state index in [-0.39, 0.29) is 29.8 Å². The molecule has 3 atom stereocenters. The number of nitrogens with two attached hydrogens (primary N) is 1. The van der Waals surface area contributed by atoms with Gasteiger partial charge in [0.15, 0.2) is 0 Å². The highest BCUT2D eigenvalue weighted by molar-refractivity contribution is 6.11. The van der Waals surface area contributed by atoms with E-state index in [2.05, 4.69) is 10.6 Å². The summed E-state index contributed by atoms with van der Waals surface area (Å²) in [4.78, 5) is 40.5. The Morgan fingerprint density at radius 2 is 1.88 bits per heavy atom. The highest BCUT2D eigenvalue weighted by Crippen LogP contribution is 2.35. The van der Waals surface area contributed by atoms with Gasteiger partial charge in [-0.25, -0.2) is 4.79 Å². The standard InChI is InChI=1S/C26H32N4O4/c1-16(2)14-23-25(32)29-21-15-17(24(31)28-20-11-7-6-10-19(20)27)12-13-22(21)30(23)26(33)34-18-8-4-3-5-9-18/h3-5,8-9,12-13,15-16,19-20,23H,6-7,10-11,14,27H2,1-2H3,(H,28,31)(H,29,32). The highest BCUT2D eigenvalue weighted by atomic mass is 16.6. The second-order valence-corrected chi connectivity index (χ2v) is 9.45. The van der Waals surface area contributed by atoms with E-state index in [9.17, 15) is 14.4 Å². The van der Waals surface area contributed by atoms with E-state index in [1.54, 1.807) is 42.5 Å². The zero-order valence-electron chi connectivity index (χ0n) is 19.6. The van der Waals surface area contributed by atoms with Gasteiger partial charge in [0.2, 0.25) is 5.91 Å². The molecule has 3 unspecified atom stereocenters. The molecule has 0 radical (unpaired) electrons. The lowest BCUT2D eigenvalue weighted by Crippen LogP contribution is -2.52. The number of hydrogen-bond acceptors (Lipinski definition) is 5. The molecule has 0 saturated heterocycles. The normalized spacial score (nSPS) is 22.1. The van der Waals surface area contributed by atoms with Crippen molar-refractivity contribution in [2.24, 2.45) is 11.7 Å². The van der Waals surface area contributed by atoms with E-state index in [0.29, 0.717) is 29.1 Å². The molecule has 8 nitrogen and oxygen atoms in total. The van der Waals surface area contributed by atoms with Gasteiger partial charge in [-0.3, -0.25) is 14.5 Å². The topological polar surface area (TPSA) is 114 Å². The molecule has 2 aromatic carbocycles. The number of benzene rings is 2. The van der Waals surface area contributed by atoms with E-state index in [1.807, 2.05) is 19.9 Å². The molecule has 4 rings (SSSR count). The fourth-order valence-corrected chi connectivity index (χ4v) is 4.60. The maximum atomic E-state index is 13.2. The lowest BCUT2D eigenvalue weighted by molar-refractivity contribution is -0.118. The lowest BCUT2D eigenvalue weighted by Gasteiger charge is -2.36. The molecule has 4 N–H and O–H groups in total. The van der Waals surface area contributed by atoms with Crippen molar-refractivity contribution in [2.75, 3.05) is 10.2 Å². The van der Waals surface area contributed by atoms with Crippen LogP contribution in [0.3, 0.4) is 0 Å². The van der Waals surface area contributed by atoms with Gasteiger partial charge in [-0.15, -0.1) is 0 Å². The molecule has 2 aromatic rings. The lowest BCUT2D eigenvalue weighted by atomic mass is 9.91. The summed E-state index contributed by atoms with van der Waals surface area (Å²) < 4.78 is 5.57. The molecule has 1 saturated carbocycles. The summed E-state index contributed by atoms with van der Waals surface area (Å²) in [6.45, 7) is 3.99. The first-order valence-corrected chi connectivity index (χ1v) is 11.9. The predicted molar refractivity (Wildman–Crippen MR) is 131 cm³/mol. The maximum absolute atomic E-state index is 13.2. The van der Waals surface area contributed by atoms with Gasteiger partial charge in [0.05, 0.1) is 11.4 Å². The Morgan fingerprint density at radius 1 is 1.15 bits per heavy atom. The van der Waals surface area contributed by atoms with Crippen molar-refractivity contribution in [1.82, 2.24) is 5.32 Å². The molecule has 1 heterocycles. The van der Waals surface area contributed by atoms with Crippen molar-refractivity contribution in [3.63, 3.8) is 0 Å². The SMILES string of the molecule is CC(C)CC1C(=O)Nc2cc(C(=O)NC3CCCCC3N)ccc2N1C(=O)Oc1ccccc1. The fourth-order valence-electron chi connectivity index (χ4n) is 4.60. The summed E-state index contributed by atoms with van der Waals surface area (Å²) in [5.74, 6) is 0.0115. The molecule has 2 aliphatic rings. The first kappa shape index (κ1) is 23.8. The van der Waals surface area contributed by atoms with Gasteiger partial charge in [-0.1, -0.05) is 44.9 Å². The smallest absolute Gasteiger partial charge is 0.410 e. The van der Waals surface area contributed by atoms with Crippen molar-refractivity contribution in [3.8, 4) is 5.75 Å². The zero-order valence-corrected chi connectivity index (χ0v) is 19.6. The van der Waals surface area contributed by atoms with Gasteiger partial charge in [0.25, 0.3) is 5.91 Å². The van der Waals surface area contributed by atoms with E-state index in [0.717, 1.165) is 25.7 Å². The Bertz CT molecular complexity index is 1060. The van der Waals surface area contributed by atoms with Crippen molar-refractivity contribution in [1.29, 1.82) is 0 Å². The van der Waals surface area contributed by atoms with E-state index < -0.39 is 12.1 Å². The monoisotopic (exact) mass is 464 g/mol. The van der Waals surface area contributed by atoms with Crippen LogP contribution in [0.15, 0.2) is 48.5 Å². The van der Waals surface area contributed by atoms with Crippen LogP contribution in [0.1, 0.15) is 56.3 Å². The number of hydrogen-bond donors (Lipinski definition) is 3. The van der Waals surface area contributed by atoms with Crippen molar-refractivity contribution in [2.45, 2.75) is 64.1 Å². The number of fused-ring (bicyclic) bond motifs is 1. The molecule has 8 heteroatoms. The molecule has 1 fully saturated rings. The number of nitrogens with zero attached hydrogens (tertiary/aromatic N) is 1. The average Bonchev–Trinajstić information content (AvgIpc) is 2.81. The molecule has 180 valence electrons. The van der Waals surface area contributed by atoms with Crippen LogP contribution >= 0.6 is 0 Å². The molecule has 1 aliphatic heterocycles. The summed E-state index contributed by atoms with van der Waals surface area (Å²) in [7, 11) is 0. The Hall–Kier alpha value is -3.39. The number of anilines is 2. The molecular weight excluding hydrogens is 432 g/mol. The Labute approximate surface area is 199 Å². The summed E-state index contributed by atoms with van der Waals surface area (Å²) >= 11 is 0. The highest BCUT2D eigenvalue weighted by Gasteiger charge is 2.39. The van der Waals surface area contributed by atoms with Gasteiger partial charge in [-0.2, -0.15) is 0 Å². The number of rotatable bonds is 5. The number of amides is 3. The quantitative estimate of drug-likeness (QED) is 0.618. The van der Waals surface area contributed by atoms with E-state index in [4.69, 9.17) is 10.5 Å². The van der Waals surface area contributed by atoms with Gasteiger partial charge in [0, 0.05) is 17.6 Å². The summed E-state index contributed by atoms with van der Waals surface area (Å²) in [5, 5.41) is 5.90. The summed E-state index contributed by atoms with van der Waals surface area (Å²) in [5.41, 5.74) is 7.47. The maximum Gasteiger partial charge on any atom is 0.420 e. The van der Waals surface area contributed by atoms with E-state index in [1.165, 1.54) is 4.90 Å². The summed E-state index contributed by atoms with van der Waals surface area (Å²) in [6, 6.07) is 12.8. The van der Waals surface area contributed by atoms with Gasteiger partial charge < -0.3 is 21.1 Å². The van der Waals surface area contributed by atoms with Gasteiger partial charge in [0.1, 0.15) is 11.8 Å². The third-order valence-electron chi connectivity index (χ3n) is 6.37. The Balaban J connectivity index is 1.61. The van der Waals surface area contributed by atoms with E-state index >= 15 is 0 Å². The van der Waals surface area contributed by atoms with Crippen LogP contribution in [0.2, 0.25) is 0 Å². The second kappa shape index (κ2) is 10.3. The van der Waals surface area contributed by atoms with Gasteiger partial charge in [-0.05, 0) is 55.5 Å². The van der Waals surface area contributed by atoms with Crippen LogP contribution in [0.4, 0.5) is 16.2 Å². The minimum Gasteiger partial charge on any atom is -0.410 e. The zero-order chi connectivity index (χ0) is 24.2. The van der Waals surface area contributed by atoms with Crippen molar-refractivity contribution >= 4 is 29.3 Å². The first-order valence-electron chi connectivity index (χ1n) is 11.9. The fraction of sp³-hybridized carbons (Fsp3) is 0.423. The molecule has 1 aliphatic carbocycles. The van der Waals surface area contributed by atoms with Crippen molar-refractivity contribution in [3.05, 3.63) is 54.1 Å². The summed E-state index contributed by atoms with van der Waals surface area (Å²) in [6.07, 6.45) is 3.68. The molecule has 34 heavy (non-hydrogen) atoms. The second-order valence-electron chi connectivity index (χ2n) is 9.45. The first-order chi connectivity index (χ1) is 16.3. The molecule has 3 amide bonds. The van der Waals surface area contributed by atoms with Gasteiger partial charge >= 0.3 is 6.09 Å². The van der Waals surface area contributed by atoms with Crippen molar-refractivity contribution < 1.29 is 19.1 Å². The van der Waals surface area contributed by atoms with Crippen LogP contribution in [0, 0.1) is 5.92 Å².